The molecule has 1 aromatic heterocycles. The molecular weight excluding hydrogens is 216 g/mol. The number of carbonyl (C=O) groups is 1. The first-order valence-electron chi connectivity index (χ1n) is 6.23. The van der Waals surface area contributed by atoms with Gasteiger partial charge in [-0.1, -0.05) is 6.92 Å². The molecule has 3 N–H and O–H groups in total. The van der Waals surface area contributed by atoms with Crippen LogP contribution in [0.25, 0.3) is 0 Å². The maximum atomic E-state index is 12.3. The summed E-state index contributed by atoms with van der Waals surface area (Å²) in [5.74, 6) is 0.177. The number of piperidine rings is 1. The lowest BCUT2D eigenvalue weighted by molar-refractivity contribution is -0.133. The van der Waals surface area contributed by atoms with E-state index in [0.717, 1.165) is 38.0 Å². The number of aromatic amines is 1. The number of hydrogen-bond donors (Lipinski definition) is 3. The van der Waals surface area contributed by atoms with Crippen LogP contribution in [0.15, 0.2) is 12.5 Å². The van der Waals surface area contributed by atoms with Gasteiger partial charge in [0.25, 0.3) is 0 Å². The Balaban J connectivity index is 1.93. The number of rotatable bonds is 4. The van der Waals surface area contributed by atoms with Gasteiger partial charge in [-0.2, -0.15) is 0 Å². The van der Waals surface area contributed by atoms with Crippen LogP contribution in [0.3, 0.4) is 0 Å². The van der Waals surface area contributed by atoms with E-state index in [4.69, 9.17) is 0 Å². The summed E-state index contributed by atoms with van der Waals surface area (Å²) in [5.41, 5.74) is 0.768. The lowest BCUT2D eigenvalue weighted by atomic mass is 9.76. The summed E-state index contributed by atoms with van der Waals surface area (Å²) < 4.78 is 0. The highest BCUT2D eigenvalue weighted by Crippen LogP contribution is 2.32. The lowest BCUT2D eigenvalue weighted by Gasteiger charge is -2.35. The number of carbonyl (C=O) groups excluding carboxylic acids is 1. The van der Waals surface area contributed by atoms with Crippen molar-refractivity contribution in [3.05, 3.63) is 18.2 Å². The lowest BCUT2D eigenvalue weighted by Crippen LogP contribution is -2.47. The van der Waals surface area contributed by atoms with Crippen LogP contribution in [0.4, 0.5) is 0 Å². The summed E-state index contributed by atoms with van der Waals surface area (Å²) in [4.78, 5) is 19.2. The molecule has 1 amide bonds. The van der Waals surface area contributed by atoms with Gasteiger partial charge in [-0.15, -0.1) is 0 Å². The molecule has 94 valence electrons. The van der Waals surface area contributed by atoms with Gasteiger partial charge in [-0.3, -0.25) is 4.79 Å². The summed E-state index contributed by atoms with van der Waals surface area (Å²) in [7, 11) is 0. The third-order valence-corrected chi connectivity index (χ3v) is 3.71. The van der Waals surface area contributed by atoms with Gasteiger partial charge in [0.1, 0.15) is 0 Å². The van der Waals surface area contributed by atoms with Crippen LogP contribution in [0.2, 0.25) is 0 Å². The van der Waals surface area contributed by atoms with Crippen LogP contribution in [-0.2, 0) is 11.3 Å². The van der Waals surface area contributed by atoms with Crippen molar-refractivity contribution in [1.29, 1.82) is 0 Å². The summed E-state index contributed by atoms with van der Waals surface area (Å²) in [5, 5.41) is 6.31. The minimum atomic E-state index is -0.175. The second-order valence-electron chi connectivity index (χ2n) is 4.64. The topological polar surface area (TPSA) is 69.8 Å². The van der Waals surface area contributed by atoms with Crippen molar-refractivity contribution in [2.45, 2.75) is 32.7 Å². The van der Waals surface area contributed by atoms with E-state index in [-0.39, 0.29) is 11.3 Å². The second kappa shape index (κ2) is 5.31. The molecule has 2 rings (SSSR count). The van der Waals surface area contributed by atoms with Crippen molar-refractivity contribution in [3.8, 4) is 0 Å². The zero-order valence-corrected chi connectivity index (χ0v) is 10.3. The molecular formula is C12H20N4O. The molecule has 0 bridgehead atoms. The van der Waals surface area contributed by atoms with Gasteiger partial charge < -0.3 is 15.6 Å². The quantitative estimate of drug-likeness (QED) is 0.724. The zero-order chi connectivity index (χ0) is 12.1. The fourth-order valence-corrected chi connectivity index (χ4v) is 2.39. The van der Waals surface area contributed by atoms with Crippen LogP contribution < -0.4 is 10.6 Å². The Kier molecular flexibility index (Phi) is 3.78. The summed E-state index contributed by atoms with van der Waals surface area (Å²) in [6.45, 7) is 4.51. The highest BCUT2D eigenvalue weighted by atomic mass is 16.2. The molecule has 0 spiro atoms. The minimum Gasteiger partial charge on any atom is -0.350 e. The average Bonchev–Trinajstić information content (AvgIpc) is 2.90. The molecule has 17 heavy (non-hydrogen) atoms. The molecule has 5 heteroatoms. The largest absolute Gasteiger partial charge is 0.350 e. The second-order valence-corrected chi connectivity index (χ2v) is 4.64. The number of imidazole rings is 1. The first-order valence-corrected chi connectivity index (χ1v) is 6.23. The fraction of sp³-hybridized carbons (Fsp3) is 0.667. The molecule has 1 aliphatic rings. The number of aromatic nitrogens is 2. The Morgan fingerprint density at radius 3 is 2.88 bits per heavy atom. The van der Waals surface area contributed by atoms with Crippen LogP contribution in [0.1, 0.15) is 31.9 Å². The highest BCUT2D eigenvalue weighted by molar-refractivity contribution is 5.82. The van der Waals surface area contributed by atoms with Gasteiger partial charge in [-0.25, -0.2) is 4.98 Å². The number of nitrogens with one attached hydrogen (secondary N) is 3. The molecule has 1 aromatic rings. The van der Waals surface area contributed by atoms with Gasteiger partial charge in [0, 0.05) is 6.20 Å². The first kappa shape index (κ1) is 12.1. The molecule has 2 heterocycles. The smallest absolute Gasteiger partial charge is 0.226 e. The van der Waals surface area contributed by atoms with E-state index in [2.05, 4.69) is 27.5 Å². The average molecular weight is 236 g/mol. The van der Waals surface area contributed by atoms with Gasteiger partial charge >= 0.3 is 0 Å². The molecule has 1 saturated heterocycles. The minimum absolute atomic E-state index is 0.175. The number of H-pyrrole nitrogens is 1. The molecule has 0 aromatic carbocycles. The van der Waals surface area contributed by atoms with Crippen molar-refractivity contribution >= 4 is 5.91 Å². The third kappa shape index (κ3) is 2.66. The molecule has 1 aliphatic heterocycles. The molecule has 0 atom stereocenters. The maximum absolute atomic E-state index is 12.3. The fourth-order valence-electron chi connectivity index (χ4n) is 2.39. The number of nitrogens with zero attached hydrogens (tertiary/aromatic N) is 1. The van der Waals surface area contributed by atoms with Crippen molar-refractivity contribution < 1.29 is 4.79 Å². The Labute approximate surface area is 101 Å². The van der Waals surface area contributed by atoms with Crippen molar-refractivity contribution in [1.82, 2.24) is 20.6 Å². The van der Waals surface area contributed by atoms with E-state index < -0.39 is 0 Å². The van der Waals surface area contributed by atoms with Gasteiger partial charge in [-0.05, 0) is 32.4 Å². The van der Waals surface area contributed by atoms with Crippen LogP contribution in [-0.4, -0.2) is 29.0 Å². The van der Waals surface area contributed by atoms with E-state index in [0.29, 0.717) is 6.54 Å². The van der Waals surface area contributed by atoms with E-state index in [1.807, 2.05) is 0 Å². The monoisotopic (exact) mass is 236 g/mol. The Morgan fingerprint density at radius 2 is 2.29 bits per heavy atom. The molecule has 5 nitrogen and oxygen atoms in total. The van der Waals surface area contributed by atoms with Crippen molar-refractivity contribution in [2.24, 2.45) is 5.41 Å². The van der Waals surface area contributed by atoms with E-state index in [1.165, 1.54) is 0 Å². The number of hydrogen-bond acceptors (Lipinski definition) is 3. The molecule has 0 saturated carbocycles. The normalized spacial score (nSPS) is 18.9. The van der Waals surface area contributed by atoms with E-state index >= 15 is 0 Å². The Hall–Kier alpha value is -1.36. The first-order chi connectivity index (χ1) is 8.27. The SMILES string of the molecule is CCC1(C(=O)NCc2cnc[nH]2)CCNCC1. The van der Waals surface area contributed by atoms with Gasteiger partial charge in [0.2, 0.25) is 5.91 Å². The third-order valence-electron chi connectivity index (χ3n) is 3.71. The maximum Gasteiger partial charge on any atom is 0.226 e. The highest BCUT2D eigenvalue weighted by Gasteiger charge is 2.37. The van der Waals surface area contributed by atoms with E-state index in [9.17, 15) is 4.79 Å². The molecule has 1 fully saturated rings. The summed E-state index contributed by atoms with van der Waals surface area (Å²) in [6, 6.07) is 0. The van der Waals surface area contributed by atoms with Crippen LogP contribution >= 0.6 is 0 Å². The zero-order valence-electron chi connectivity index (χ0n) is 10.3. The number of amides is 1. The summed E-state index contributed by atoms with van der Waals surface area (Å²) >= 11 is 0. The predicted octanol–water partition coefficient (Wildman–Crippen LogP) is 0.806. The van der Waals surface area contributed by atoms with Crippen molar-refractivity contribution in [2.75, 3.05) is 13.1 Å². The van der Waals surface area contributed by atoms with Gasteiger partial charge in [0.15, 0.2) is 0 Å². The predicted molar refractivity (Wildman–Crippen MR) is 65.3 cm³/mol. The Morgan fingerprint density at radius 1 is 1.53 bits per heavy atom. The molecule has 0 unspecified atom stereocenters. The Bertz CT molecular complexity index is 355. The standard InChI is InChI=1S/C12H20N4O/c1-2-12(3-5-13-6-4-12)11(17)15-8-10-7-14-9-16-10/h7,9,13H,2-6,8H2,1H3,(H,14,16)(H,15,17). The summed E-state index contributed by atoms with van der Waals surface area (Å²) in [6.07, 6.45) is 6.13. The van der Waals surface area contributed by atoms with Crippen LogP contribution in [0.5, 0.6) is 0 Å². The molecule has 0 aliphatic carbocycles. The van der Waals surface area contributed by atoms with Crippen molar-refractivity contribution in [3.63, 3.8) is 0 Å². The van der Waals surface area contributed by atoms with Crippen LogP contribution in [0, 0.1) is 5.41 Å². The van der Waals surface area contributed by atoms with Gasteiger partial charge in [0.05, 0.1) is 24.0 Å². The van der Waals surface area contributed by atoms with E-state index in [1.54, 1.807) is 12.5 Å². The molecule has 0 radical (unpaired) electrons.